The van der Waals surface area contributed by atoms with Crippen molar-refractivity contribution in [3.8, 4) is 0 Å². The predicted octanol–water partition coefficient (Wildman–Crippen LogP) is 0.264. The molecule has 4 rings (SSSR count). The third kappa shape index (κ3) is 3.21. The van der Waals surface area contributed by atoms with Crippen LogP contribution in [0.5, 0.6) is 0 Å². The number of nitrogens with one attached hydrogen (secondary N) is 1. The van der Waals surface area contributed by atoms with Gasteiger partial charge < -0.3 is 9.64 Å². The van der Waals surface area contributed by atoms with Gasteiger partial charge in [0.25, 0.3) is 11.3 Å². The maximum Gasteiger partial charge on any atom is 0.274 e. The highest BCUT2D eigenvalue weighted by Crippen LogP contribution is 2.21. The Kier molecular flexibility index (Phi) is 4.21. The number of fused-ring (bicyclic) bond motifs is 1. The topological polar surface area (TPSA) is 105 Å². The lowest BCUT2D eigenvalue weighted by molar-refractivity contribution is -0.138. The van der Waals surface area contributed by atoms with Crippen LogP contribution in [-0.4, -0.2) is 55.1 Å². The number of nitrogens with zero attached hydrogens (tertiary/aromatic N) is 5. The van der Waals surface area contributed by atoms with E-state index in [1.807, 2.05) is 12.1 Å². The molecule has 0 saturated carbocycles. The predicted molar refractivity (Wildman–Crippen MR) is 91.6 cm³/mol. The maximum absolute atomic E-state index is 12.7. The molecule has 1 aliphatic heterocycles. The second kappa shape index (κ2) is 6.68. The van der Waals surface area contributed by atoms with E-state index in [9.17, 15) is 9.59 Å². The summed E-state index contributed by atoms with van der Waals surface area (Å²) in [5.74, 6) is 0.605. The van der Waals surface area contributed by atoms with E-state index in [-0.39, 0.29) is 29.8 Å². The first kappa shape index (κ1) is 16.4. The van der Waals surface area contributed by atoms with Crippen molar-refractivity contribution in [2.75, 3.05) is 19.7 Å². The lowest BCUT2D eigenvalue weighted by Gasteiger charge is -2.33. The number of aromatic amines is 1. The van der Waals surface area contributed by atoms with Gasteiger partial charge in [0.15, 0.2) is 0 Å². The molecule has 4 heterocycles. The first-order valence-electron chi connectivity index (χ1n) is 8.35. The highest BCUT2D eigenvalue weighted by molar-refractivity contribution is 5.78. The number of hydrogen-bond acceptors (Lipinski definition) is 6. The molecule has 0 radical (unpaired) electrons. The fourth-order valence-corrected chi connectivity index (χ4v) is 3.01. The highest BCUT2D eigenvalue weighted by atomic mass is 16.5. The van der Waals surface area contributed by atoms with Crippen molar-refractivity contribution in [2.24, 2.45) is 0 Å². The largest absolute Gasteiger partial charge is 0.370 e. The third-order valence-corrected chi connectivity index (χ3v) is 4.30. The number of ether oxygens (including phenoxy) is 1. The van der Waals surface area contributed by atoms with E-state index in [0.29, 0.717) is 31.2 Å². The van der Waals surface area contributed by atoms with Crippen LogP contribution in [-0.2, 0) is 16.0 Å². The average Bonchev–Trinajstić information content (AvgIpc) is 3.05. The van der Waals surface area contributed by atoms with Gasteiger partial charge in [-0.05, 0) is 13.0 Å². The Morgan fingerprint density at radius 1 is 1.42 bits per heavy atom. The monoisotopic (exact) mass is 354 g/mol. The summed E-state index contributed by atoms with van der Waals surface area (Å²) < 4.78 is 7.00. The second-order valence-corrected chi connectivity index (χ2v) is 6.20. The Balaban J connectivity index is 1.49. The van der Waals surface area contributed by atoms with E-state index >= 15 is 0 Å². The number of pyridine rings is 1. The standard InChI is InChI=1S/C17H18N6O3/c1-11-7-16(25)23-17(19-11)20-14(21-23)8-15(24)22-5-6-26-13(10-22)12-3-2-4-18-9-12/h2-4,7,9,13H,5-6,8,10H2,1H3,(H,19,20,21). The molecular formula is C17H18N6O3. The van der Waals surface area contributed by atoms with Crippen molar-refractivity contribution in [2.45, 2.75) is 19.4 Å². The molecule has 9 heteroatoms. The number of hydrogen-bond donors (Lipinski definition) is 1. The number of carbonyl (C=O) groups is 1. The Morgan fingerprint density at radius 3 is 3.12 bits per heavy atom. The minimum Gasteiger partial charge on any atom is -0.370 e. The molecule has 0 bridgehead atoms. The second-order valence-electron chi connectivity index (χ2n) is 6.20. The number of amides is 1. The molecule has 1 aliphatic rings. The SMILES string of the molecule is Cc1cc(=O)n2[nH]c(CC(=O)N3CCOC(c4cccnc4)C3)nc2n1. The number of aromatic nitrogens is 5. The molecule has 1 atom stereocenters. The zero-order valence-corrected chi connectivity index (χ0v) is 14.3. The number of morpholine rings is 1. The number of aryl methyl sites for hydroxylation is 1. The molecule has 1 fully saturated rings. The Bertz CT molecular complexity index is 997. The summed E-state index contributed by atoms with van der Waals surface area (Å²) in [6, 6.07) is 5.20. The van der Waals surface area contributed by atoms with Gasteiger partial charge in [-0.25, -0.2) is 4.98 Å². The van der Waals surface area contributed by atoms with E-state index in [0.717, 1.165) is 5.56 Å². The van der Waals surface area contributed by atoms with Gasteiger partial charge >= 0.3 is 0 Å². The summed E-state index contributed by atoms with van der Waals surface area (Å²) in [5, 5.41) is 2.85. The molecule has 9 nitrogen and oxygen atoms in total. The van der Waals surface area contributed by atoms with E-state index in [4.69, 9.17) is 4.74 Å². The molecule has 3 aromatic heterocycles. The molecular weight excluding hydrogens is 336 g/mol. The molecule has 1 N–H and O–H groups in total. The molecule has 26 heavy (non-hydrogen) atoms. The van der Waals surface area contributed by atoms with Gasteiger partial charge in [0, 0.05) is 36.3 Å². The van der Waals surface area contributed by atoms with Gasteiger partial charge in [0.1, 0.15) is 11.9 Å². The molecule has 1 saturated heterocycles. The first-order valence-corrected chi connectivity index (χ1v) is 8.35. The van der Waals surface area contributed by atoms with Gasteiger partial charge in [0.2, 0.25) is 5.91 Å². The minimum atomic E-state index is -0.248. The summed E-state index contributed by atoms with van der Waals surface area (Å²) in [6.45, 7) is 3.17. The normalized spacial score (nSPS) is 17.6. The molecule has 0 aliphatic carbocycles. The van der Waals surface area contributed by atoms with Crippen molar-refractivity contribution in [3.63, 3.8) is 0 Å². The Morgan fingerprint density at radius 2 is 2.31 bits per heavy atom. The van der Waals surface area contributed by atoms with E-state index < -0.39 is 0 Å². The highest BCUT2D eigenvalue weighted by Gasteiger charge is 2.26. The number of carbonyl (C=O) groups excluding carboxylic acids is 1. The zero-order valence-electron chi connectivity index (χ0n) is 14.3. The lowest BCUT2D eigenvalue weighted by atomic mass is 10.1. The summed E-state index contributed by atoms with van der Waals surface area (Å²) >= 11 is 0. The van der Waals surface area contributed by atoms with Crippen LogP contribution in [0.2, 0.25) is 0 Å². The first-order chi connectivity index (χ1) is 12.6. The van der Waals surface area contributed by atoms with Crippen LogP contribution in [0, 0.1) is 6.92 Å². The summed E-state index contributed by atoms with van der Waals surface area (Å²) in [6.07, 6.45) is 3.33. The van der Waals surface area contributed by atoms with Crippen LogP contribution in [0.15, 0.2) is 35.4 Å². The van der Waals surface area contributed by atoms with Crippen molar-refractivity contribution in [1.29, 1.82) is 0 Å². The van der Waals surface area contributed by atoms with Crippen LogP contribution in [0.25, 0.3) is 5.78 Å². The van der Waals surface area contributed by atoms with Crippen LogP contribution in [0.3, 0.4) is 0 Å². The van der Waals surface area contributed by atoms with Gasteiger partial charge in [0.05, 0.1) is 19.6 Å². The van der Waals surface area contributed by atoms with Crippen LogP contribution >= 0.6 is 0 Å². The molecule has 3 aromatic rings. The third-order valence-electron chi connectivity index (χ3n) is 4.30. The van der Waals surface area contributed by atoms with Crippen LogP contribution in [0.4, 0.5) is 0 Å². The van der Waals surface area contributed by atoms with Gasteiger partial charge in [-0.1, -0.05) is 6.07 Å². The maximum atomic E-state index is 12.7. The fraction of sp³-hybridized carbons (Fsp3) is 0.353. The van der Waals surface area contributed by atoms with Gasteiger partial charge in [-0.2, -0.15) is 9.50 Å². The number of rotatable bonds is 3. The molecule has 1 unspecified atom stereocenters. The smallest absolute Gasteiger partial charge is 0.274 e. The van der Waals surface area contributed by atoms with Crippen molar-refractivity contribution < 1.29 is 9.53 Å². The average molecular weight is 354 g/mol. The van der Waals surface area contributed by atoms with Crippen molar-refractivity contribution >= 4 is 11.7 Å². The lowest BCUT2D eigenvalue weighted by Crippen LogP contribution is -2.43. The Hall–Kier alpha value is -3.07. The molecule has 1 amide bonds. The van der Waals surface area contributed by atoms with Crippen molar-refractivity contribution in [3.05, 3.63) is 58.0 Å². The van der Waals surface area contributed by atoms with Gasteiger partial charge in [-0.15, -0.1) is 0 Å². The summed E-state index contributed by atoms with van der Waals surface area (Å²) in [4.78, 5) is 38.9. The van der Waals surface area contributed by atoms with Crippen LogP contribution in [0.1, 0.15) is 23.2 Å². The Labute approximate surface area is 148 Å². The molecule has 134 valence electrons. The van der Waals surface area contributed by atoms with E-state index in [1.165, 1.54) is 10.6 Å². The number of H-pyrrole nitrogens is 1. The summed E-state index contributed by atoms with van der Waals surface area (Å²) in [7, 11) is 0. The quantitative estimate of drug-likeness (QED) is 0.723. The minimum absolute atomic E-state index is 0.0710. The zero-order chi connectivity index (χ0) is 18.1. The van der Waals surface area contributed by atoms with Gasteiger partial charge in [-0.3, -0.25) is 19.7 Å². The van der Waals surface area contributed by atoms with Crippen LogP contribution < -0.4 is 5.56 Å². The molecule has 0 aromatic carbocycles. The molecule has 0 spiro atoms. The van der Waals surface area contributed by atoms with Crippen molar-refractivity contribution in [1.82, 2.24) is 29.5 Å². The fourth-order valence-electron chi connectivity index (χ4n) is 3.01. The van der Waals surface area contributed by atoms with E-state index in [2.05, 4.69) is 20.1 Å². The van der Waals surface area contributed by atoms with E-state index in [1.54, 1.807) is 24.2 Å². The summed E-state index contributed by atoms with van der Waals surface area (Å²) in [5.41, 5.74) is 1.29.